The van der Waals surface area contributed by atoms with Crippen LogP contribution in [-0.2, 0) is 6.54 Å². The first-order chi connectivity index (χ1) is 8.56. The Kier molecular flexibility index (Phi) is 4.07. The molecule has 18 heavy (non-hydrogen) atoms. The van der Waals surface area contributed by atoms with E-state index in [0.29, 0.717) is 18.3 Å². The molecule has 1 saturated carbocycles. The Hall–Kier alpha value is -1.29. The van der Waals surface area contributed by atoms with Crippen LogP contribution < -0.4 is 5.32 Å². The van der Waals surface area contributed by atoms with Crippen LogP contribution in [0.4, 0.5) is 0 Å². The van der Waals surface area contributed by atoms with Gasteiger partial charge in [-0.05, 0) is 37.2 Å². The predicted molar refractivity (Wildman–Crippen MR) is 68.5 cm³/mol. The van der Waals surface area contributed by atoms with Crippen LogP contribution in [0.1, 0.15) is 49.2 Å². The van der Waals surface area contributed by atoms with Crippen molar-refractivity contribution >= 4 is 5.97 Å². The van der Waals surface area contributed by atoms with Crippen molar-refractivity contribution < 1.29 is 14.3 Å². The Balaban J connectivity index is 1.82. The second kappa shape index (κ2) is 5.57. The first-order valence-corrected chi connectivity index (χ1v) is 6.60. The van der Waals surface area contributed by atoms with Crippen molar-refractivity contribution in [3.05, 3.63) is 23.7 Å². The lowest BCUT2D eigenvalue weighted by atomic mass is 9.79. The molecule has 1 aliphatic carbocycles. The Morgan fingerprint density at radius 2 is 2.22 bits per heavy atom. The molecule has 3 atom stereocenters. The molecule has 3 unspecified atom stereocenters. The monoisotopic (exact) mass is 251 g/mol. The van der Waals surface area contributed by atoms with Crippen molar-refractivity contribution in [2.24, 2.45) is 11.8 Å². The fourth-order valence-corrected chi connectivity index (χ4v) is 2.56. The van der Waals surface area contributed by atoms with Gasteiger partial charge in [-0.1, -0.05) is 13.8 Å². The largest absolute Gasteiger partial charge is 0.478 e. The van der Waals surface area contributed by atoms with Crippen LogP contribution in [0.5, 0.6) is 0 Å². The molecule has 0 amide bonds. The van der Waals surface area contributed by atoms with E-state index in [0.717, 1.165) is 11.8 Å². The topological polar surface area (TPSA) is 62.5 Å². The Morgan fingerprint density at radius 3 is 2.83 bits per heavy atom. The standard InChI is InChI=1S/C14H21NO3/c1-9-3-4-12(5-10(9)2)15-7-13-6-11(8-18-13)14(16)17/h6,8-10,12,15H,3-5,7H2,1-2H3,(H,16,17). The molecule has 1 aromatic rings. The van der Waals surface area contributed by atoms with Crippen LogP contribution in [0.25, 0.3) is 0 Å². The number of hydrogen-bond acceptors (Lipinski definition) is 3. The average Bonchev–Trinajstić information content (AvgIpc) is 2.79. The molecule has 0 radical (unpaired) electrons. The lowest BCUT2D eigenvalue weighted by Gasteiger charge is -2.32. The van der Waals surface area contributed by atoms with Gasteiger partial charge in [0.2, 0.25) is 0 Å². The highest BCUT2D eigenvalue weighted by Crippen LogP contribution is 2.29. The van der Waals surface area contributed by atoms with Crippen molar-refractivity contribution in [2.75, 3.05) is 0 Å². The second-order valence-electron chi connectivity index (χ2n) is 5.45. The van der Waals surface area contributed by atoms with Crippen molar-refractivity contribution in [3.8, 4) is 0 Å². The van der Waals surface area contributed by atoms with E-state index in [-0.39, 0.29) is 5.56 Å². The molecule has 2 N–H and O–H groups in total. The summed E-state index contributed by atoms with van der Waals surface area (Å²) in [7, 11) is 0. The zero-order valence-electron chi connectivity index (χ0n) is 11.0. The summed E-state index contributed by atoms with van der Waals surface area (Å²) in [6.45, 7) is 5.22. The molecule has 0 aromatic carbocycles. The van der Waals surface area contributed by atoms with E-state index in [2.05, 4.69) is 19.2 Å². The lowest BCUT2D eigenvalue weighted by molar-refractivity contribution is 0.0696. The van der Waals surface area contributed by atoms with Gasteiger partial charge in [0.15, 0.2) is 0 Å². The minimum atomic E-state index is -0.940. The summed E-state index contributed by atoms with van der Waals surface area (Å²) in [5.41, 5.74) is 0.220. The number of rotatable bonds is 4. The summed E-state index contributed by atoms with van der Waals surface area (Å²) >= 11 is 0. The van der Waals surface area contributed by atoms with E-state index in [1.807, 2.05) is 0 Å². The first-order valence-electron chi connectivity index (χ1n) is 6.60. The fourth-order valence-electron chi connectivity index (χ4n) is 2.56. The highest BCUT2D eigenvalue weighted by molar-refractivity contribution is 5.87. The number of aromatic carboxylic acids is 1. The summed E-state index contributed by atoms with van der Waals surface area (Å²) in [5, 5.41) is 12.3. The number of nitrogens with one attached hydrogen (secondary N) is 1. The third-order valence-corrected chi connectivity index (χ3v) is 4.06. The molecule has 1 aliphatic rings. The van der Waals surface area contributed by atoms with Crippen molar-refractivity contribution in [2.45, 2.75) is 45.7 Å². The minimum Gasteiger partial charge on any atom is -0.478 e. The first kappa shape index (κ1) is 13.1. The van der Waals surface area contributed by atoms with Crippen LogP contribution in [-0.4, -0.2) is 17.1 Å². The van der Waals surface area contributed by atoms with Crippen LogP contribution in [0.2, 0.25) is 0 Å². The number of hydrogen-bond donors (Lipinski definition) is 2. The number of carbonyl (C=O) groups is 1. The minimum absolute atomic E-state index is 0.220. The average molecular weight is 251 g/mol. The summed E-state index contributed by atoms with van der Waals surface area (Å²) in [6.07, 6.45) is 4.94. The van der Waals surface area contributed by atoms with Gasteiger partial charge in [0.1, 0.15) is 12.0 Å². The molecule has 4 heteroatoms. The molecular formula is C14H21NO3. The van der Waals surface area contributed by atoms with E-state index in [1.54, 1.807) is 6.07 Å². The molecule has 0 spiro atoms. The fraction of sp³-hybridized carbons (Fsp3) is 0.643. The van der Waals surface area contributed by atoms with Gasteiger partial charge in [0.05, 0.1) is 12.1 Å². The van der Waals surface area contributed by atoms with E-state index in [1.165, 1.54) is 25.5 Å². The van der Waals surface area contributed by atoms with Gasteiger partial charge in [0.25, 0.3) is 0 Å². The van der Waals surface area contributed by atoms with Crippen molar-refractivity contribution in [1.82, 2.24) is 5.32 Å². The zero-order chi connectivity index (χ0) is 13.1. The zero-order valence-corrected chi connectivity index (χ0v) is 11.0. The molecule has 4 nitrogen and oxygen atoms in total. The van der Waals surface area contributed by atoms with Crippen LogP contribution in [0, 0.1) is 11.8 Å². The third kappa shape index (κ3) is 3.13. The van der Waals surface area contributed by atoms with E-state index < -0.39 is 5.97 Å². The van der Waals surface area contributed by atoms with Gasteiger partial charge in [-0.15, -0.1) is 0 Å². The van der Waals surface area contributed by atoms with E-state index >= 15 is 0 Å². The molecule has 100 valence electrons. The SMILES string of the molecule is CC1CCC(NCc2cc(C(=O)O)co2)CC1C. The molecule has 0 bridgehead atoms. The maximum Gasteiger partial charge on any atom is 0.338 e. The maximum absolute atomic E-state index is 10.7. The normalized spacial score (nSPS) is 28.2. The second-order valence-corrected chi connectivity index (χ2v) is 5.45. The summed E-state index contributed by atoms with van der Waals surface area (Å²) in [5.74, 6) is 1.32. The van der Waals surface area contributed by atoms with Crippen molar-refractivity contribution in [3.63, 3.8) is 0 Å². The molecule has 0 saturated heterocycles. The lowest BCUT2D eigenvalue weighted by Crippen LogP contribution is -2.35. The number of furan rings is 1. The molecule has 2 rings (SSSR count). The smallest absolute Gasteiger partial charge is 0.338 e. The van der Waals surface area contributed by atoms with Crippen LogP contribution in [0.15, 0.2) is 16.7 Å². The van der Waals surface area contributed by atoms with E-state index in [4.69, 9.17) is 9.52 Å². The molecular weight excluding hydrogens is 230 g/mol. The molecule has 1 heterocycles. The van der Waals surface area contributed by atoms with Gasteiger partial charge in [-0.25, -0.2) is 4.79 Å². The van der Waals surface area contributed by atoms with Gasteiger partial charge in [-0.2, -0.15) is 0 Å². The highest BCUT2D eigenvalue weighted by atomic mass is 16.4. The van der Waals surface area contributed by atoms with Crippen LogP contribution >= 0.6 is 0 Å². The molecule has 1 fully saturated rings. The van der Waals surface area contributed by atoms with E-state index in [9.17, 15) is 4.79 Å². The molecule has 1 aromatic heterocycles. The number of carboxylic acids is 1. The number of carboxylic acid groups (broad SMARTS) is 1. The summed E-state index contributed by atoms with van der Waals surface area (Å²) in [4.78, 5) is 10.7. The molecule has 0 aliphatic heterocycles. The quantitative estimate of drug-likeness (QED) is 0.863. The highest BCUT2D eigenvalue weighted by Gasteiger charge is 2.24. The van der Waals surface area contributed by atoms with Gasteiger partial charge in [0, 0.05) is 6.04 Å². The Labute approximate surface area is 107 Å². The van der Waals surface area contributed by atoms with Gasteiger partial charge in [-0.3, -0.25) is 0 Å². The Bertz CT molecular complexity index is 413. The summed E-state index contributed by atoms with van der Waals surface area (Å²) in [6, 6.07) is 2.11. The summed E-state index contributed by atoms with van der Waals surface area (Å²) < 4.78 is 5.22. The van der Waals surface area contributed by atoms with Gasteiger partial charge < -0.3 is 14.8 Å². The van der Waals surface area contributed by atoms with Gasteiger partial charge >= 0.3 is 5.97 Å². The Morgan fingerprint density at radius 1 is 1.44 bits per heavy atom. The third-order valence-electron chi connectivity index (χ3n) is 4.06. The maximum atomic E-state index is 10.7. The predicted octanol–water partition coefficient (Wildman–Crippen LogP) is 2.89. The van der Waals surface area contributed by atoms with Crippen molar-refractivity contribution in [1.29, 1.82) is 0 Å². The van der Waals surface area contributed by atoms with Crippen LogP contribution in [0.3, 0.4) is 0 Å².